The van der Waals surface area contributed by atoms with Crippen molar-refractivity contribution in [1.29, 1.82) is 0 Å². The van der Waals surface area contributed by atoms with E-state index in [2.05, 4.69) is 118 Å². The van der Waals surface area contributed by atoms with Crippen LogP contribution in [-0.2, 0) is 26.7 Å². The molecule has 0 aliphatic rings. The third-order valence-corrected chi connectivity index (χ3v) is 14.9. The third kappa shape index (κ3) is 7.72. The van der Waals surface area contributed by atoms with Gasteiger partial charge in [0.25, 0.3) is 0 Å². The van der Waals surface area contributed by atoms with Gasteiger partial charge in [0.15, 0.2) is 0 Å². The molecule has 263 valence electrons. The van der Waals surface area contributed by atoms with Gasteiger partial charge in [-0.2, -0.15) is 11.3 Å². The second-order valence-electron chi connectivity index (χ2n) is 13.9. The second kappa shape index (κ2) is 15.8. The summed E-state index contributed by atoms with van der Waals surface area (Å²) in [6, 6.07) is 55.4. The first-order chi connectivity index (χ1) is 26.5. The summed E-state index contributed by atoms with van der Waals surface area (Å²) < 4.78 is 29.2. The fourth-order valence-corrected chi connectivity index (χ4v) is 10.0. The number of hydrogen-bond acceptors (Lipinski definition) is 3. The Balaban J connectivity index is 0.000000238. The van der Waals surface area contributed by atoms with Gasteiger partial charge < -0.3 is 4.57 Å². The molecule has 0 atom stereocenters. The number of imidazole rings is 1. The number of aryl methyl sites for hydroxylation is 1. The summed E-state index contributed by atoms with van der Waals surface area (Å²) in [5.41, 5.74) is 8.78. The van der Waals surface area contributed by atoms with Crippen LogP contribution in [0, 0.1) is 19.0 Å². The molecule has 9 rings (SSSR count). The van der Waals surface area contributed by atoms with Crippen molar-refractivity contribution in [2.24, 2.45) is 0 Å². The molecule has 6 aromatic carbocycles. The summed E-state index contributed by atoms with van der Waals surface area (Å²) >= 11 is 0.0277. The van der Waals surface area contributed by atoms with Crippen molar-refractivity contribution in [2.75, 3.05) is 0 Å². The molecule has 6 heteroatoms. The van der Waals surface area contributed by atoms with E-state index in [1.54, 1.807) is 23.5 Å². The van der Waals surface area contributed by atoms with E-state index in [-0.39, 0.29) is 20.1 Å². The van der Waals surface area contributed by atoms with E-state index in [0.717, 1.165) is 49.5 Å². The molecule has 0 saturated heterocycles. The predicted octanol–water partition coefficient (Wildman–Crippen LogP) is 12.0. The summed E-state index contributed by atoms with van der Waals surface area (Å²) in [4.78, 5) is 9.63. The van der Waals surface area contributed by atoms with Crippen LogP contribution in [0.25, 0.3) is 65.0 Å². The maximum atomic E-state index is 7.71. The van der Waals surface area contributed by atoms with Crippen LogP contribution < -0.4 is 4.40 Å². The summed E-state index contributed by atoms with van der Waals surface area (Å²) in [6.07, 6.45) is 2.04. The van der Waals surface area contributed by atoms with Crippen LogP contribution in [0.2, 0.25) is 17.3 Å². The van der Waals surface area contributed by atoms with Crippen LogP contribution >= 0.6 is 11.3 Å². The first-order valence-corrected chi connectivity index (χ1v) is 25.6. The number of rotatable bonds is 6. The van der Waals surface area contributed by atoms with Crippen LogP contribution in [0.4, 0.5) is 0 Å². The number of benzene rings is 6. The van der Waals surface area contributed by atoms with Crippen molar-refractivity contribution < 1.29 is 24.2 Å². The monoisotopic (exact) mass is 947 g/mol. The molecule has 0 saturated carbocycles. The molecule has 0 amide bonds. The van der Waals surface area contributed by atoms with Gasteiger partial charge in [-0.15, -0.1) is 18.2 Å². The zero-order chi connectivity index (χ0) is 38.2. The van der Waals surface area contributed by atoms with Crippen molar-refractivity contribution in [3.8, 4) is 33.8 Å². The molecular weight excluding hydrogens is 903 g/mol. The van der Waals surface area contributed by atoms with Crippen LogP contribution in [0.1, 0.15) is 15.2 Å². The summed E-state index contributed by atoms with van der Waals surface area (Å²) in [7, 11) is 0. The number of aromatic nitrogens is 3. The standard InChI is InChI=1S/C33H23N2S.C14H16GeN.Ir/c1-22-17-19-24(20-18-22)25-11-7-12-26-27-13-8-14-28(32(27)36-31(25)26)33-34-29-15-5-6-16-30(29)35(33)21-23-9-3-2-4-10-23;1-15(2,3)13-9-10-14(16-11-13)12-7-5-4-6-8-12;/h2-13,15-20H,21H2,1H3;4-7,9-11H,1-3H3;/q2*-1;/i1D3;;. The van der Waals surface area contributed by atoms with Crippen molar-refractivity contribution in [1.82, 2.24) is 14.5 Å². The number of hydrogen-bond donors (Lipinski definition) is 0. The fourth-order valence-electron chi connectivity index (χ4n) is 6.55. The molecule has 0 spiro atoms. The first kappa shape index (κ1) is 33.0. The van der Waals surface area contributed by atoms with E-state index >= 15 is 0 Å². The van der Waals surface area contributed by atoms with Gasteiger partial charge in [0.2, 0.25) is 0 Å². The van der Waals surface area contributed by atoms with Gasteiger partial charge in [0, 0.05) is 35.5 Å². The normalized spacial score (nSPS) is 12.4. The van der Waals surface area contributed by atoms with E-state index in [1.165, 1.54) is 25.4 Å². The van der Waals surface area contributed by atoms with Crippen LogP contribution in [0.15, 0.2) is 152 Å². The number of thiophene rings is 1. The molecule has 3 aromatic heterocycles. The summed E-state index contributed by atoms with van der Waals surface area (Å²) in [5.74, 6) is 8.04. The van der Waals surface area contributed by atoms with E-state index in [9.17, 15) is 0 Å². The van der Waals surface area contributed by atoms with E-state index < -0.39 is 20.1 Å². The maximum Gasteiger partial charge on any atom is 0 e. The Hall–Kier alpha value is -4.65. The largest absolute Gasteiger partial charge is 0 e. The topological polar surface area (TPSA) is 30.7 Å². The quantitative estimate of drug-likeness (QED) is 0.123. The Morgan fingerprint density at radius 3 is 2.23 bits per heavy atom. The fraction of sp³-hybridized carbons (Fsp3) is 0.106. The van der Waals surface area contributed by atoms with Gasteiger partial charge in [-0.05, 0) is 45.8 Å². The Morgan fingerprint density at radius 1 is 0.717 bits per heavy atom. The average Bonchev–Trinajstić information content (AvgIpc) is 3.77. The second-order valence-corrected chi connectivity index (χ2v) is 25.6. The number of para-hydroxylation sites is 2. The molecule has 3 heterocycles. The molecule has 53 heavy (non-hydrogen) atoms. The smallest absolute Gasteiger partial charge is 0 e. The molecule has 0 unspecified atom stereocenters. The molecule has 0 bridgehead atoms. The zero-order valence-corrected chi connectivity index (χ0v) is 35.0. The Labute approximate surface area is 336 Å². The summed E-state index contributed by atoms with van der Waals surface area (Å²) in [5, 5.41) is 2.34. The third-order valence-electron chi connectivity index (χ3n) is 9.33. The van der Waals surface area contributed by atoms with E-state index in [0.29, 0.717) is 12.1 Å². The minimum absolute atomic E-state index is 0. The zero-order valence-electron chi connectivity index (χ0n) is 32.7. The minimum atomic E-state index is -2.11. The molecular formula is C47H39GeIrN3S-2. The maximum absolute atomic E-state index is 7.71. The van der Waals surface area contributed by atoms with Crippen LogP contribution in [0.3, 0.4) is 0 Å². The van der Waals surface area contributed by atoms with Gasteiger partial charge in [-0.3, -0.25) is 4.98 Å². The van der Waals surface area contributed by atoms with Crippen molar-refractivity contribution in [2.45, 2.75) is 30.7 Å². The molecule has 0 aliphatic carbocycles. The number of pyridine rings is 1. The SMILES string of the molecule is [2H]C([2H])([2H])c1ccc(-c2cccc3c2sc2c(-c4nc5ccccc5n4Cc4ccccc4)[c-]ccc23)cc1.[CH3][Ge]([CH3])([CH3])[c]1ccc(-c2[c-]cccc2)nc1.[Ir]. The Morgan fingerprint density at radius 2 is 1.49 bits per heavy atom. The number of fused-ring (bicyclic) bond motifs is 4. The average molecular weight is 946 g/mol. The van der Waals surface area contributed by atoms with Gasteiger partial charge in [-0.25, -0.2) is 0 Å². The van der Waals surface area contributed by atoms with Crippen LogP contribution in [-0.4, -0.2) is 27.8 Å². The molecule has 9 aromatic rings. The van der Waals surface area contributed by atoms with Gasteiger partial charge in [0.1, 0.15) is 0 Å². The minimum Gasteiger partial charge on any atom is 0 e. The van der Waals surface area contributed by atoms with Gasteiger partial charge in [0.05, 0.1) is 16.9 Å². The first-order valence-electron chi connectivity index (χ1n) is 18.9. The Bertz CT molecular complexity index is 2740. The van der Waals surface area contributed by atoms with Crippen molar-refractivity contribution in [3.05, 3.63) is 175 Å². The van der Waals surface area contributed by atoms with Gasteiger partial charge in [-0.1, -0.05) is 101 Å². The number of nitrogens with zero attached hydrogens (tertiary/aromatic N) is 3. The van der Waals surface area contributed by atoms with Crippen molar-refractivity contribution >= 4 is 60.2 Å². The summed E-state index contributed by atoms with van der Waals surface area (Å²) in [6.45, 7) is -1.40. The molecule has 0 N–H and O–H groups in total. The predicted molar refractivity (Wildman–Crippen MR) is 224 cm³/mol. The van der Waals surface area contributed by atoms with E-state index in [1.807, 2.05) is 60.8 Å². The molecule has 0 fully saturated rings. The van der Waals surface area contributed by atoms with E-state index in [4.69, 9.17) is 9.10 Å². The van der Waals surface area contributed by atoms with Crippen molar-refractivity contribution in [3.63, 3.8) is 0 Å². The molecule has 0 aliphatic heterocycles. The van der Waals surface area contributed by atoms with Gasteiger partial charge >= 0.3 is 99.8 Å². The Kier molecular flexibility index (Phi) is 9.80. The van der Waals surface area contributed by atoms with Crippen LogP contribution in [0.5, 0.6) is 0 Å². The molecule has 3 nitrogen and oxygen atoms in total. The molecule has 1 radical (unpaired) electrons.